The summed E-state index contributed by atoms with van der Waals surface area (Å²) in [6.45, 7) is 4.12. The van der Waals surface area contributed by atoms with Crippen molar-refractivity contribution in [3.05, 3.63) is 22.3 Å². The van der Waals surface area contributed by atoms with Crippen LogP contribution in [0.25, 0.3) is 0 Å². The van der Waals surface area contributed by atoms with Crippen molar-refractivity contribution >= 4 is 17.4 Å². The van der Waals surface area contributed by atoms with Crippen LogP contribution in [0.3, 0.4) is 0 Å². The van der Waals surface area contributed by atoms with E-state index in [1.165, 1.54) is 0 Å². The van der Waals surface area contributed by atoms with Crippen molar-refractivity contribution in [2.24, 2.45) is 5.73 Å². The highest BCUT2D eigenvalue weighted by Crippen LogP contribution is 2.24. The van der Waals surface area contributed by atoms with Crippen LogP contribution in [-0.4, -0.2) is 17.4 Å². The van der Waals surface area contributed by atoms with Crippen molar-refractivity contribution < 1.29 is 4.74 Å². The first kappa shape index (κ1) is 10.8. The SMILES string of the molecule is CCOc1nc(C)c(C(=N)N)cc1Cl. The number of hydrogen-bond donors (Lipinski definition) is 2. The van der Waals surface area contributed by atoms with E-state index in [0.717, 1.165) is 0 Å². The molecule has 5 heteroatoms. The average Bonchev–Trinajstić information content (AvgIpc) is 2.10. The van der Waals surface area contributed by atoms with Gasteiger partial charge in [-0.15, -0.1) is 0 Å². The summed E-state index contributed by atoms with van der Waals surface area (Å²) >= 11 is 5.88. The zero-order valence-corrected chi connectivity index (χ0v) is 8.85. The normalized spacial score (nSPS) is 9.93. The standard InChI is InChI=1S/C9H12ClN3O/c1-3-14-9-7(10)4-6(8(11)12)5(2)13-9/h4H,3H2,1-2H3,(H3,11,12). The Bertz CT molecular complexity index is 365. The van der Waals surface area contributed by atoms with Gasteiger partial charge in [0, 0.05) is 5.56 Å². The van der Waals surface area contributed by atoms with Crippen LogP contribution in [0.5, 0.6) is 5.88 Å². The molecule has 0 aliphatic carbocycles. The van der Waals surface area contributed by atoms with Gasteiger partial charge in [0.2, 0.25) is 5.88 Å². The third kappa shape index (κ3) is 2.14. The van der Waals surface area contributed by atoms with E-state index in [9.17, 15) is 0 Å². The van der Waals surface area contributed by atoms with Crippen LogP contribution in [0, 0.1) is 12.3 Å². The Balaban J connectivity index is 3.17. The van der Waals surface area contributed by atoms with Crippen molar-refractivity contribution in [3.63, 3.8) is 0 Å². The van der Waals surface area contributed by atoms with Crippen molar-refractivity contribution in [2.45, 2.75) is 13.8 Å². The second kappa shape index (κ2) is 4.28. The molecule has 0 aliphatic rings. The predicted molar refractivity (Wildman–Crippen MR) is 56.2 cm³/mol. The number of hydrogen-bond acceptors (Lipinski definition) is 3. The number of amidine groups is 1. The fourth-order valence-corrected chi connectivity index (χ4v) is 1.28. The summed E-state index contributed by atoms with van der Waals surface area (Å²) in [5, 5.41) is 7.66. The minimum atomic E-state index is -0.0417. The number of nitrogen functional groups attached to an aromatic ring is 1. The Morgan fingerprint density at radius 2 is 2.36 bits per heavy atom. The maximum atomic E-state index is 7.28. The van der Waals surface area contributed by atoms with E-state index in [0.29, 0.717) is 28.8 Å². The molecule has 0 bridgehead atoms. The fraction of sp³-hybridized carbons (Fsp3) is 0.333. The molecule has 0 spiro atoms. The lowest BCUT2D eigenvalue weighted by molar-refractivity contribution is 0.326. The third-order valence-corrected chi connectivity index (χ3v) is 1.98. The maximum absolute atomic E-state index is 7.28. The van der Waals surface area contributed by atoms with Gasteiger partial charge < -0.3 is 10.5 Å². The molecule has 0 aromatic carbocycles. The lowest BCUT2D eigenvalue weighted by Gasteiger charge is -2.08. The first-order valence-electron chi connectivity index (χ1n) is 4.20. The summed E-state index contributed by atoms with van der Waals surface area (Å²) in [6, 6.07) is 1.59. The number of pyridine rings is 1. The average molecular weight is 214 g/mol. The van der Waals surface area contributed by atoms with Gasteiger partial charge in [-0.3, -0.25) is 5.41 Å². The van der Waals surface area contributed by atoms with Crippen LogP contribution in [0.2, 0.25) is 5.02 Å². The molecule has 14 heavy (non-hydrogen) atoms. The molecule has 1 rings (SSSR count). The molecule has 0 amide bonds. The van der Waals surface area contributed by atoms with Gasteiger partial charge in [-0.25, -0.2) is 4.98 Å². The van der Waals surface area contributed by atoms with Gasteiger partial charge in [0.1, 0.15) is 10.9 Å². The zero-order valence-electron chi connectivity index (χ0n) is 8.10. The molecule has 1 aromatic heterocycles. The highest BCUT2D eigenvalue weighted by molar-refractivity contribution is 6.32. The van der Waals surface area contributed by atoms with Crippen molar-refractivity contribution in [2.75, 3.05) is 6.61 Å². The molecule has 1 aromatic rings. The Hall–Kier alpha value is -1.29. The number of halogens is 1. The molecule has 0 radical (unpaired) electrons. The molecule has 4 nitrogen and oxygen atoms in total. The second-order valence-corrected chi connectivity index (χ2v) is 3.16. The minimum absolute atomic E-state index is 0.0417. The lowest BCUT2D eigenvalue weighted by atomic mass is 10.2. The predicted octanol–water partition coefficient (Wildman–Crippen LogP) is 1.73. The van der Waals surface area contributed by atoms with Gasteiger partial charge in [0.25, 0.3) is 0 Å². The summed E-state index contributed by atoms with van der Waals surface area (Å²) in [5.41, 5.74) is 6.54. The molecule has 0 saturated carbocycles. The number of aryl methyl sites for hydroxylation is 1. The van der Waals surface area contributed by atoms with Crippen LogP contribution in [0.1, 0.15) is 18.2 Å². The Morgan fingerprint density at radius 1 is 1.71 bits per heavy atom. The molecule has 0 atom stereocenters. The van der Waals surface area contributed by atoms with Gasteiger partial charge >= 0.3 is 0 Å². The van der Waals surface area contributed by atoms with Gasteiger partial charge in [-0.1, -0.05) is 11.6 Å². The largest absolute Gasteiger partial charge is 0.477 e. The first-order valence-corrected chi connectivity index (χ1v) is 4.58. The molecule has 3 N–H and O–H groups in total. The molecule has 0 saturated heterocycles. The summed E-state index contributed by atoms with van der Waals surface area (Å²) in [4.78, 5) is 4.11. The highest BCUT2D eigenvalue weighted by Gasteiger charge is 2.09. The van der Waals surface area contributed by atoms with Crippen molar-refractivity contribution in [1.82, 2.24) is 4.98 Å². The highest BCUT2D eigenvalue weighted by atomic mass is 35.5. The van der Waals surface area contributed by atoms with E-state index < -0.39 is 0 Å². The minimum Gasteiger partial charge on any atom is -0.477 e. The van der Waals surface area contributed by atoms with Crippen LogP contribution in [-0.2, 0) is 0 Å². The zero-order chi connectivity index (χ0) is 10.7. The molecule has 1 heterocycles. The van der Waals surface area contributed by atoms with Crippen LogP contribution in [0.4, 0.5) is 0 Å². The second-order valence-electron chi connectivity index (χ2n) is 2.76. The number of nitrogens with two attached hydrogens (primary N) is 1. The monoisotopic (exact) mass is 213 g/mol. The summed E-state index contributed by atoms with van der Waals surface area (Å²) in [6.07, 6.45) is 0. The quantitative estimate of drug-likeness (QED) is 0.593. The van der Waals surface area contributed by atoms with E-state index in [1.807, 2.05) is 6.92 Å². The van der Waals surface area contributed by atoms with Crippen LogP contribution in [0.15, 0.2) is 6.07 Å². The number of nitrogens with zero attached hydrogens (tertiary/aromatic N) is 1. The molecular weight excluding hydrogens is 202 g/mol. The van der Waals surface area contributed by atoms with E-state index in [-0.39, 0.29) is 5.84 Å². The Kier molecular flexibility index (Phi) is 3.30. The van der Waals surface area contributed by atoms with Crippen molar-refractivity contribution in [1.29, 1.82) is 5.41 Å². The first-order chi connectivity index (χ1) is 6.56. The molecule has 0 unspecified atom stereocenters. The van der Waals surface area contributed by atoms with Gasteiger partial charge in [0.05, 0.1) is 12.3 Å². The number of nitrogens with one attached hydrogen (secondary N) is 1. The summed E-state index contributed by atoms with van der Waals surface area (Å²) < 4.78 is 5.20. The number of rotatable bonds is 3. The summed E-state index contributed by atoms with van der Waals surface area (Å²) in [7, 11) is 0. The smallest absolute Gasteiger partial charge is 0.232 e. The van der Waals surface area contributed by atoms with Gasteiger partial charge in [-0.2, -0.15) is 0 Å². The third-order valence-electron chi connectivity index (χ3n) is 1.71. The number of aromatic nitrogens is 1. The van der Waals surface area contributed by atoms with Gasteiger partial charge in [0.15, 0.2) is 0 Å². The molecule has 0 fully saturated rings. The van der Waals surface area contributed by atoms with E-state index in [4.69, 9.17) is 27.5 Å². The van der Waals surface area contributed by atoms with E-state index in [1.54, 1.807) is 13.0 Å². The van der Waals surface area contributed by atoms with E-state index in [2.05, 4.69) is 4.98 Å². The topological polar surface area (TPSA) is 72.0 Å². The van der Waals surface area contributed by atoms with Crippen molar-refractivity contribution in [3.8, 4) is 5.88 Å². The lowest BCUT2D eigenvalue weighted by Crippen LogP contribution is -2.14. The molecular formula is C9H12ClN3O. The summed E-state index contributed by atoms with van der Waals surface area (Å²) in [5.74, 6) is 0.344. The van der Waals surface area contributed by atoms with E-state index >= 15 is 0 Å². The van der Waals surface area contributed by atoms with Crippen LogP contribution < -0.4 is 10.5 Å². The van der Waals surface area contributed by atoms with Gasteiger partial charge in [-0.05, 0) is 19.9 Å². The van der Waals surface area contributed by atoms with Crippen LogP contribution >= 0.6 is 11.6 Å². The Labute approximate surface area is 87.6 Å². The number of ether oxygens (including phenoxy) is 1. The molecule has 76 valence electrons. The maximum Gasteiger partial charge on any atom is 0.232 e. The Morgan fingerprint density at radius 3 is 2.86 bits per heavy atom. The molecule has 0 aliphatic heterocycles. The fourth-order valence-electron chi connectivity index (χ4n) is 1.07.